The van der Waals surface area contributed by atoms with Crippen LogP contribution in [0.15, 0.2) is 47.4 Å². The molecule has 1 saturated carbocycles. The molecule has 4 heteroatoms. The van der Waals surface area contributed by atoms with Crippen LogP contribution >= 0.6 is 23.4 Å². The molecule has 0 aromatic heterocycles. The van der Waals surface area contributed by atoms with Gasteiger partial charge in [0.25, 0.3) is 0 Å². The number of halogens is 1. The number of carbonyl (C=O) groups is 1. The van der Waals surface area contributed by atoms with Crippen molar-refractivity contribution in [2.24, 2.45) is 11.8 Å². The highest BCUT2D eigenvalue weighted by Gasteiger charge is 2.60. The molecule has 3 rings (SSSR count). The van der Waals surface area contributed by atoms with E-state index in [1.54, 1.807) is 11.8 Å². The van der Waals surface area contributed by atoms with Gasteiger partial charge in [-0.25, -0.2) is 0 Å². The van der Waals surface area contributed by atoms with Crippen LogP contribution in [0, 0.1) is 11.8 Å². The van der Waals surface area contributed by atoms with Crippen molar-refractivity contribution in [2.45, 2.75) is 28.4 Å². The Hall–Kier alpha value is -0.930. The molecular weight excluding hydrogens is 290 g/mol. The number of allylic oxidation sites excluding steroid dienone is 2. The fraction of sp³-hybridized carbons (Fsp3) is 0.438. The second-order valence-corrected chi connectivity index (χ2v) is 7.18. The van der Waals surface area contributed by atoms with Crippen molar-refractivity contribution >= 4 is 29.3 Å². The molecule has 2 aliphatic carbocycles. The summed E-state index contributed by atoms with van der Waals surface area (Å²) in [7, 11) is 0. The van der Waals surface area contributed by atoms with E-state index in [-0.39, 0.29) is 17.2 Å². The summed E-state index contributed by atoms with van der Waals surface area (Å²) in [6.07, 6.45) is 5.34. The molecule has 1 aromatic rings. The van der Waals surface area contributed by atoms with Gasteiger partial charge in [-0.3, -0.25) is 4.79 Å². The summed E-state index contributed by atoms with van der Waals surface area (Å²) in [6, 6.07) is 10.1. The van der Waals surface area contributed by atoms with E-state index in [9.17, 15) is 4.79 Å². The fourth-order valence-corrected chi connectivity index (χ4v) is 5.28. The molecule has 0 aliphatic heterocycles. The van der Waals surface area contributed by atoms with Crippen LogP contribution in [0.5, 0.6) is 0 Å². The third kappa shape index (κ3) is 2.08. The number of rotatable bonds is 4. The maximum absolute atomic E-state index is 12.7. The molecule has 1 amide bonds. The molecule has 2 aliphatic rings. The molecule has 1 N–H and O–H groups in total. The van der Waals surface area contributed by atoms with Gasteiger partial charge in [-0.15, -0.1) is 23.4 Å². The van der Waals surface area contributed by atoms with Crippen molar-refractivity contribution in [1.29, 1.82) is 0 Å². The zero-order valence-electron chi connectivity index (χ0n) is 11.4. The summed E-state index contributed by atoms with van der Waals surface area (Å²) in [5.41, 5.74) is 0. The molecule has 106 valence electrons. The summed E-state index contributed by atoms with van der Waals surface area (Å²) in [5, 5.41) is 2.84. The lowest BCUT2D eigenvalue weighted by molar-refractivity contribution is -0.123. The van der Waals surface area contributed by atoms with Gasteiger partial charge >= 0.3 is 0 Å². The number of alkyl halides is 1. The van der Waals surface area contributed by atoms with Crippen molar-refractivity contribution in [3.05, 3.63) is 42.5 Å². The first-order valence-corrected chi connectivity index (χ1v) is 8.28. The Bertz CT molecular complexity index is 533. The summed E-state index contributed by atoms with van der Waals surface area (Å²) in [4.78, 5) is 13.8. The van der Waals surface area contributed by atoms with Crippen molar-refractivity contribution in [2.75, 3.05) is 6.54 Å². The summed E-state index contributed by atoms with van der Waals surface area (Å²) in [6.45, 7) is 2.59. The molecule has 0 spiro atoms. The number of thioether (sulfide) groups is 1. The van der Waals surface area contributed by atoms with Crippen LogP contribution in [0.3, 0.4) is 0 Å². The Kier molecular flexibility index (Phi) is 3.83. The quantitative estimate of drug-likeness (QED) is 0.682. The van der Waals surface area contributed by atoms with E-state index in [0.717, 1.165) is 11.3 Å². The van der Waals surface area contributed by atoms with Crippen molar-refractivity contribution < 1.29 is 4.79 Å². The van der Waals surface area contributed by atoms with Gasteiger partial charge in [-0.05, 0) is 31.4 Å². The van der Waals surface area contributed by atoms with E-state index in [1.165, 1.54) is 0 Å². The average molecular weight is 308 g/mol. The number of fused-ring (bicyclic) bond motifs is 2. The Morgan fingerprint density at radius 3 is 2.75 bits per heavy atom. The van der Waals surface area contributed by atoms with E-state index in [1.807, 2.05) is 37.3 Å². The van der Waals surface area contributed by atoms with E-state index in [0.29, 0.717) is 12.5 Å². The lowest BCUT2D eigenvalue weighted by Crippen LogP contribution is -2.53. The first-order valence-electron chi connectivity index (χ1n) is 7.03. The highest BCUT2D eigenvalue weighted by atomic mass is 35.5. The molecule has 20 heavy (non-hydrogen) atoms. The zero-order chi connectivity index (χ0) is 14.2. The third-order valence-electron chi connectivity index (χ3n) is 4.18. The van der Waals surface area contributed by atoms with Crippen molar-refractivity contribution in [3.63, 3.8) is 0 Å². The van der Waals surface area contributed by atoms with Gasteiger partial charge in [0, 0.05) is 17.4 Å². The molecule has 0 radical (unpaired) electrons. The third-order valence-corrected chi connectivity index (χ3v) is 6.56. The SMILES string of the molecule is CCNC(=O)[C@@]1(Sc2ccccc2)[C@@H]2C=C[C@@H](C2)[C@@H]1Cl. The summed E-state index contributed by atoms with van der Waals surface area (Å²) < 4.78 is -0.571. The summed E-state index contributed by atoms with van der Waals surface area (Å²) >= 11 is 8.30. The molecule has 2 bridgehead atoms. The van der Waals surface area contributed by atoms with E-state index in [4.69, 9.17) is 11.6 Å². The summed E-state index contributed by atoms with van der Waals surface area (Å²) in [5.74, 6) is 0.623. The minimum atomic E-state index is -0.571. The fourth-order valence-electron chi connectivity index (χ4n) is 3.24. The number of hydrogen-bond acceptors (Lipinski definition) is 2. The van der Waals surface area contributed by atoms with Crippen LogP contribution in [0.1, 0.15) is 13.3 Å². The number of amides is 1. The topological polar surface area (TPSA) is 29.1 Å². The number of benzene rings is 1. The Balaban J connectivity index is 1.97. The van der Waals surface area contributed by atoms with Crippen LogP contribution in [0.25, 0.3) is 0 Å². The first kappa shape index (κ1) is 14.0. The predicted molar refractivity (Wildman–Crippen MR) is 84.1 cm³/mol. The number of nitrogens with one attached hydrogen (secondary N) is 1. The van der Waals surface area contributed by atoms with Crippen molar-refractivity contribution in [3.8, 4) is 0 Å². The highest BCUT2D eigenvalue weighted by molar-refractivity contribution is 8.01. The molecule has 1 aromatic carbocycles. The van der Waals surface area contributed by atoms with Crippen LogP contribution < -0.4 is 5.32 Å². The van der Waals surface area contributed by atoms with E-state index < -0.39 is 4.75 Å². The molecule has 4 atom stereocenters. The highest BCUT2D eigenvalue weighted by Crippen LogP contribution is 2.57. The average Bonchev–Trinajstić information content (AvgIpc) is 3.03. The van der Waals surface area contributed by atoms with Gasteiger partial charge in [0.1, 0.15) is 4.75 Å². The Morgan fingerprint density at radius 1 is 1.40 bits per heavy atom. The largest absolute Gasteiger partial charge is 0.355 e. The molecule has 2 nitrogen and oxygen atoms in total. The van der Waals surface area contributed by atoms with Crippen LogP contribution in [-0.4, -0.2) is 22.6 Å². The van der Waals surface area contributed by atoms with E-state index in [2.05, 4.69) is 17.5 Å². The smallest absolute Gasteiger partial charge is 0.238 e. The molecule has 0 heterocycles. The van der Waals surface area contributed by atoms with Gasteiger partial charge < -0.3 is 5.32 Å². The van der Waals surface area contributed by atoms with Gasteiger partial charge in [0.15, 0.2) is 0 Å². The van der Waals surface area contributed by atoms with Gasteiger partial charge in [0.2, 0.25) is 5.91 Å². The van der Waals surface area contributed by atoms with Crippen molar-refractivity contribution in [1.82, 2.24) is 5.32 Å². The standard InChI is InChI=1S/C16H18ClNOS/c1-2-18-15(19)16(20-13-6-4-3-5-7-13)12-9-8-11(10-12)14(16)17/h3-9,11-12,14H,2,10H2,1H3,(H,18,19)/t11-,12+,14-,16+/m0/s1. The number of hydrogen-bond donors (Lipinski definition) is 1. The Morgan fingerprint density at radius 2 is 2.15 bits per heavy atom. The second-order valence-electron chi connectivity index (χ2n) is 5.36. The zero-order valence-corrected chi connectivity index (χ0v) is 13.0. The Labute approximate surface area is 129 Å². The second kappa shape index (κ2) is 5.45. The first-order chi connectivity index (χ1) is 9.68. The van der Waals surface area contributed by atoms with Gasteiger partial charge in [-0.1, -0.05) is 30.4 Å². The maximum Gasteiger partial charge on any atom is 0.238 e. The molecule has 0 saturated heterocycles. The molecule has 0 unspecified atom stereocenters. The normalized spacial score (nSPS) is 34.4. The predicted octanol–water partition coefficient (Wildman–Crippen LogP) is 3.47. The maximum atomic E-state index is 12.7. The molecular formula is C16H18ClNOS. The van der Waals surface area contributed by atoms with Crippen LogP contribution in [0.2, 0.25) is 0 Å². The van der Waals surface area contributed by atoms with Gasteiger partial charge in [0.05, 0.1) is 5.38 Å². The van der Waals surface area contributed by atoms with Gasteiger partial charge in [-0.2, -0.15) is 0 Å². The minimum Gasteiger partial charge on any atom is -0.355 e. The lowest BCUT2D eigenvalue weighted by atomic mass is 9.91. The van der Waals surface area contributed by atoms with Crippen LogP contribution in [0.4, 0.5) is 0 Å². The lowest BCUT2D eigenvalue weighted by Gasteiger charge is -2.37. The van der Waals surface area contributed by atoms with Crippen LogP contribution in [-0.2, 0) is 4.79 Å². The molecule has 1 fully saturated rings. The van der Waals surface area contributed by atoms with E-state index >= 15 is 0 Å². The number of carbonyl (C=O) groups excluding carboxylic acids is 1. The monoisotopic (exact) mass is 307 g/mol. The minimum absolute atomic E-state index is 0.0747.